The first-order valence-corrected chi connectivity index (χ1v) is 6.37. The van der Waals surface area contributed by atoms with Crippen LogP contribution in [0.1, 0.15) is 25.1 Å². The zero-order valence-electron chi connectivity index (χ0n) is 10.5. The molecule has 90 valence electrons. The fraction of sp³-hybridized carbons (Fsp3) is 0.357. The van der Waals surface area contributed by atoms with Crippen molar-refractivity contribution in [3.05, 3.63) is 34.5 Å². The maximum atomic E-state index is 6.29. The van der Waals surface area contributed by atoms with Crippen LogP contribution in [0.25, 0.3) is 10.9 Å². The molecule has 1 N–H and O–H groups in total. The van der Waals surface area contributed by atoms with Crippen molar-refractivity contribution in [2.45, 2.75) is 27.2 Å². The highest BCUT2D eigenvalue weighted by molar-refractivity contribution is 6.36. The second kappa shape index (κ2) is 4.92. The quantitative estimate of drug-likeness (QED) is 0.881. The highest BCUT2D eigenvalue weighted by Gasteiger charge is 2.10. The first-order chi connectivity index (χ1) is 8.17. The summed E-state index contributed by atoms with van der Waals surface area (Å²) in [6, 6.07) is 6.05. The molecular weight excluding hydrogens is 232 g/mol. The van der Waals surface area contributed by atoms with Crippen molar-refractivity contribution in [3.8, 4) is 0 Å². The average Bonchev–Trinajstić information content (AvgIpc) is 2.34. The smallest absolute Gasteiger partial charge is 0.0770 e. The van der Waals surface area contributed by atoms with Crippen molar-refractivity contribution < 1.29 is 0 Å². The summed E-state index contributed by atoms with van der Waals surface area (Å²) in [6.45, 7) is 7.15. The molecule has 0 spiro atoms. The molecule has 0 atom stereocenters. The van der Waals surface area contributed by atoms with E-state index in [9.17, 15) is 0 Å². The molecule has 0 saturated carbocycles. The molecule has 0 radical (unpaired) electrons. The molecule has 0 saturated heterocycles. The van der Waals surface area contributed by atoms with E-state index in [1.165, 1.54) is 5.56 Å². The Hall–Kier alpha value is -1.28. The zero-order valence-corrected chi connectivity index (χ0v) is 11.2. The Bertz CT molecular complexity index is 549. The molecule has 0 fully saturated rings. The van der Waals surface area contributed by atoms with E-state index in [0.717, 1.165) is 40.3 Å². The van der Waals surface area contributed by atoms with Gasteiger partial charge >= 0.3 is 0 Å². The van der Waals surface area contributed by atoms with Crippen molar-refractivity contribution in [2.75, 3.05) is 11.9 Å². The van der Waals surface area contributed by atoms with Crippen LogP contribution < -0.4 is 5.32 Å². The molecule has 0 bridgehead atoms. The molecule has 3 heteroatoms. The first kappa shape index (κ1) is 12.2. The predicted molar refractivity (Wildman–Crippen MR) is 75.0 cm³/mol. The lowest BCUT2D eigenvalue weighted by Crippen LogP contribution is -2.01. The molecule has 2 aromatic rings. The van der Waals surface area contributed by atoms with Gasteiger partial charge in [-0.05, 0) is 38.0 Å². The van der Waals surface area contributed by atoms with E-state index in [1.54, 1.807) is 0 Å². The summed E-state index contributed by atoms with van der Waals surface area (Å²) in [5.74, 6) is 0. The Labute approximate surface area is 107 Å². The third kappa shape index (κ3) is 2.22. The summed E-state index contributed by atoms with van der Waals surface area (Å²) in [7, 11) is 0. The maximum absolute atomic E-state index is 6.29. The minimum absolute atomic E-state index is 0.761. The summed E-state index contributed by atoms with van der Waals surface area (Å²) in [5, 5.41) is 5.16. The average molecular weight is 249 g/mol. The number of halogens is 1. The number of rotatable bonds is 3. The number of nitrogens with zero attached hydrogens (tertiary/aromatic N) is 1. The minimum Gasteiger partial charge on any atom is -0.385 e. The number of fused-ring (bicyclic) bond motifs is 1. The van der Waals surface area contributed by atoms with Gasteiger partial charge in [-0.2, -0.15) is 0 Å². The van der Waals surface area contributed by atoms with Gasteiger partial charge in [0.1, 0.15) is 0 Å². The molecule has 2 rings (SSSR count). The molecule has 0 aliphatic heterocycles. The number of anilines is 1. The fourth-order valence-electron chi connectivity index (χ4n) is 2.00. The van der Waals surface area contributed by atoms with E-state index in [4.69, 9.17) is 11.6 Å². The number of nitrogens with one attached hydrogen (secondary N) is 1. The number of hydrogen-bond acceptors (Lipinski definition) is 2. The lowest BCUT2D eigenvalue weighted by atomic mass is 10.1. The van der Waals surface area contributed by atoms with E-state index in [2.05, 4.69) is 37.1 Å². The standard InChI is InChI=1S/C14H17ClN2/c1-4-10-8-12(16-5-2)13-11(15)7-6-9(3)14(13)17-10/h6-8H,4-5H2,1-3H3,(H,16,17). The van der Waals surface area contributed by atoms with Crippen LogP contribution in [0, 0.1) is 6.92 Å². The molecule has 0 amide bonds. The summed E-state index contributed by atoms with van der Waals surface area (Å²) in [6.07, 6.45) is 0.931. The summed E-state index contributed by atoms with van der Waals surface area (Å²) in [5.41, 5.74) is 4.36. The highest BCUT2D eigenvalue weighted by atomic mass is 35.5. The van der Waals surface area contributed by atoms with E-state index in [1.807, 2.05) is 12.1 Å². The molecule has 1 aromatic carbocycles. The van der Waals surface area contributed by atoms with Gasteiger partial charge in [-0.1, -0.05) is 24.6 Å². The minimum atomic E-state index is 0.761. The Morgan fingerprint density at radius 2 is 2.06 bits per heavy atom. The van der Waals surface area contributed by atoms with Gasteiger partial charge in [-0.25, -0.2) is 0 Å². The summed E-state index contributed by atoms with van der Waals surface area (Å²) in [4.78, 5) is 4.67. The van der Waals surface area contributed by atoms with Crippen LogP contribution in [0.4, 0.5) is 5.69 Å². The van der Waals surface area contributed by atoms with Gasteiger partial charge in [0.25, 0.3) is 0 Å². The van der Waals surface area contributed by atoms with E-state index < -0.39 is 0 Å². The van der Waals surface area contributed by atoms with Gasteiger partial charge in [0, 0.05) is 23.3 Å². The molecule has 1 heterocycles. The van der Waals surface area contributed by atoms with Crippen LogP contribution in [-0.2, 0) is 6.42 Å². The number of benzene rings is 1. The Balaban J connectivity index is 2.80. The van der Waals surface area contributed by atoms with Crippen molar-refractivity contribution in [1.82, 2.24) is 4.98 Å². The molecular formula is C14H17ClN2. The molecule has 0 aliphatic rings. The lowest BCUT2D eigenvalue weighted by molar-refractivity contribution is 1.05. The van der Waals surface area contributed by atoms with Gasteiger partial charge in [-0.15, -0.1) is 0 Å². The second-order valence-corrected chi connectivity index (χ2v) is 4.54. The second-order valence-electron chi connectivity index (χ2n) is 4.13. The van der Waals surface area contributed by atoms with E-state index >= 15 is 0 Å². The van der Waals surface area contributed by atoms with E-state index in [0.29, 0.717) is 0 Å². The maximum Gasteiger partial charge on any atom is 0.0770 e. The summed E-state index contributed by atoms with van der Waals surface area (Å²) >= 11 is 6.29. The van der Waals surface area contributed by atoms with Crippen LogP contribution in [0.2, 0.25) is 5.02 Å². The molecule has 2 nitrogen and oxygen atoms in total. The number of pyridine rings is 1. The van der Waals surface area contributed by atoms with Crippen molar-refractivity contribution in [3.63, 3.8) is 0 Å². The van der Waals surface area contributed by atoms with Gasteiger partial charge < -0.3 is 5.32 Å². The number of hydrogen-bond donors (Lipinski definition) is 1. The van der Waals surface area contributed by atoms with E-state index in [-0.39, 0.29) is 0 Å². The largest absolute Gasteiger partial charge is 0.385 e. The SMILES string of the molecule is CCNc1cc(CC)nc2c(C)ccc(Cl)c12. The van der Waals surface area contributed by atoms with Crippen LogP contribution in [-0.4, -0.2) is 11.5 Å². The van der Waals surface area contributed by atoms with Gasteiger partial charge in [0.15, 0.2) is 0 Å². The Morgan fingerprint density at radius 3 is 2.71 bits per heavy atom. The van der Waals surface area contributed by atoms with Crippen molar-refractivity contribution >= 4 is 28.2 Å². The summed E-state index contributed by atoms with van der Waals surface area (Å²) < 4.78 is 0. The van der Waals surface area contributed by atoms with Gasteiger partial charge in [0.05, 0.1) is 10.5 Å². The van der Waals surface area contributed by atoms with Crippen LogP contribution in [0.3, 0.4) is 0 Å². The van der Waals surface area contributed by atoms with Crippen molar-refractivity contribution in [1.29, 1.82) is 0 Å². The Morgan fingerprint density at radius 1 is 1.29 bits per heavy atom. The Kier molecular flexibility index (Phi) is 3.53. The third-order valence-electron chi connectivity index (χ3n) is 2.89. The molecule has 0 aliphatic carbocycles. The zero-order chi connectivity index (χ0) is 12.4. The highest BCUT2D eigenvalue weighted by Crippen LogP contribution is 2.32. The first-order valence-electron chi connectivity index (χ1n) is 6.00. The fourth-order valence-corrected chi connectivity index (χ4v) is 2.25. The van der Waals surface area contributed by atoms with Crippen LogP contribution in [0.15, 0.2) is 18.2 Å². The topological polar surface area (TPSA) is 24.9 Å². The van der Waals surface area contributed by atoms with Gasteiger partial charge in [0.2, 0.25) is 0 Å². The molecule has 17 heavy (non-hydrogen) atoms. The third-order valence-corrected chi connectivity index (χ3v) is 3.21. The monoisotopic (exact) mass is 248 g/mol. The van der Waals surface area contributed by atoms with Crippen molar-refractivity contribution in [2.24, 2.45) is 0 Å². The lowest BCUT2D eigenvalue weighted by Gasteiger charge is -2.12. The normalized spacial score (nSPS) is 10.8. The molecule has 1 aromatic heterocycles. The van der Waals surface area contributed by atoms with Crippen LogP contribution in [0.5, 0.6) is 0 Å². The predicted octanol–water partition coefficient (Wildman–Crippen LogP) is 4.19. The van der Waals surface area contributed by atoms with Gasteiger partial charge in [-0.3, -0.25) is 4.98 Å². The van der Waals surface area contributed by atoms with Crippen LogP contribution >= 0.6 is 11.6 Å². The molecule has 0 unspecified atom stereocenters. The number of aromatic nitrogens is 1. The number of aryl methyl sites for hydroxylation is 2.